The van der Waals surface area contributed by atoms with Crippen molar-refractivity contribution < 1.29 is 31.4 Å². The monoisotopic (exact) mass is 552 g/mol. The Morgan fingerprint density at radius 3 is 2.46 bits per heavy atom. The molecular formula is C27H29F5N4O3. The molecule has 1 unspecified atom stereocenters. The van der Waals surface area contributed by atoms with Crippen molar-refractivity contribution in [2.45, 2.75) is 71.3 Å². The number of hydrogen-bond acceptors (Lipinski definition) is 6. The molecule has 0 saturated carbocycles. The molecule has 0 aliphatic carbocycles. The minimum atomic E-state index is -4.69. The standard InChI is InChI=1S/C27H29F5N4O3/c1-4-6-26(7-5-16(2)3)15-36-22(35-26)11-23(34-25(36)37)38-14-17-8-20(28)24(21(29)9-17)39-19-10-18(12-33-13-19)27(30,31)32/h8-13,16,35H,4-7,14-15H2,1-3H3. The molecule has 0 fully saturated rings. The van der Waals surface area contributed by atoms with Gasteiger partial charge in [-0.05, 0) is 48.9 Å². The normalized spacial score (nSPS) is 16.7. The first-order valence-electron chi connectivity index (χ1n) is 12.6. The molecule has 39 heavy (non-hydrogen) atoms. The van der Waals surface area contributed by atoms with E-state index in [1.165, 1.54) is 0 Å². The average molecular weight is 553 g/mol. The molecule has 1 atom stereocenters. The van der Waals surface area contributed by atoms with Gasteiger partial charge in [-0.15, -0.1) is 0 Å². The second-order valence-electron chi connectivity index (χ2n) is 10.1. The molecule has 3 aromatic rings. The van der Waals surface area contributed by atoms with Crippen molar-refractivity contribution >= 4 is 5.82 Å². The number of anilines is 1. The van der Waals surface area contributed by atoms with Gasteiger partial charge >= 0.3 is 11.9 Å². The highest BCUT2D eigenvalue weighted by Crippen LogP contribution is 2.36. The van der Waals surface area contributed by atoms with Gasteiger partial charge in [-0.2, -0.15) is 18.2 Å². The minimum Gasteiger partial charge on any atom is -0.473 e. The number of ether oxygens (including phenoxy) is 2. The topological polar surface area (TPSA) is 78.3 Å². The lowest BCUT2D eigenvalue weighted by molar-refractivity contribution is -0.137. The van der Waals surface area contributed by atoms with Crippen LogP contribution in [0.5, 0.6) is 17.4 Å². The predicted octanol–water partition coefficient (Wildman–Crippen LogP) is 6.71. The van der Waals surface area contributed by atoms with Crippen molar-refractivity contribution in [2.24, 2.45) is 5.92 Å². The van der Waals surface area contributed by atoms with Gasteiger partial charge in [0.2, 0.25) is 5.88 Å². The van der Waals surface area contributed by atoms with E-state index in [-0.39, 0.29) is 23.6 Å². The molecule has 0 amide bonds. The summed E-state index contributed by atoms with van der Waals surface area (Å²) in [5.74, 6) is -2.59. The van der Waals surface area contributed by atoms with E-state index in [0.717, 1.165) is 44.0 Å². The molecule has 7 nitrogen and oxygen atoms in total. The maximum absolute atomic E-state index is 14.6. The van der Waals surface area contributed by atoms with E-state index in [1.807, 2.05) is 0 Å². The molecule has 0 radical (unpaired) electrons. The molecule has 210 valence electrons. The molecular weight excluding hydrogens is 523 g/mol. The van der Waals surface area contributed by atoms with Crippen LogP contribution in [-0.2, 0) is 19.3 Å². The van der Waals surface area contributed by atoms with Gasteiger partial charge < -0.3 is 14.8 Å². The minimum absolute atomic E-state index is 0.00825. The van der Waals surface area contributed by atoms with Gasteiger partial charge in [0.05, 0.1) is 23.8 Å². The molecule has 2 aromatic heterocycles. The van der Waals surface area contributed by atoms with Crippen LogP contribution in [0.4, 0.5) is 27.8 Å². The Hall–Kier alpha value is -3.70. The fourth-order valence-electron chi connectivity index (χ4n) is 4.58. The maximum Gasteiger partial charge on any atom is 0.418 e. The Kier molecular flexibility index (Phi) is 8.12. The summed E-state index contributed by atoms with van der Waals surface area (Å²) in [5, 5.41) is 3.48. The summed E-state index contributed by atoms with van der Waals surface area (Å²) in [4.78, 5) is 20.1. The number of halogens is 5. The fraction of sp³-hybridized carbons (Fsp3) is 0.444. The third kappa shape index (κ3) is 6.66. The Labute approximate surface area is 222 Å². The lowest BCUT2D eigenvalue weighted by Gasteiger charge is -2.29. The van der Waals surface area contributed by atoms with Crippen molar-refractivity contribution in [1.29, 1.82) is 0 Å². The SMILES string of the molecule is CCCC1(CCC(C)C)Cn2c(cc(OCc3cc(F)c(Oc4cncc(C(F)(F)F)c4)c(F)c3)nc2=O)N1. The summed E-state index contributed by atoms with van der Waals surface area (Å²) >= 11 is 0. The lowest BCUT2D eigenvalue weighted by atomic mass is 9.87. The zero-order valence-corrected chi connectivity index (χ0v) is 21.7. The number of fused-ring (bicyclic) bond motifs is 1. The van der Waals surface area contributed by atoms with Crippen molar-refractivity contribution in [3.63, 3.8) is 0 Å². The average Bonchev–Trinajstić information content (AvgIpc) is 3.23. The predicted molar refractivity (Wildman–Crippen MR) is 134 cm³/mol. The number of rotatable bonds is 10. The summed E-state index contributed by atoms with van der Waals surface area (Å²) in [7, 11) is 0. The van der Waals surface area contributed by atoms with Crippen LogP contribution >= 0.6 is 0 Å². The highest BCUT2D eigenvalue weighted by atomic mass is 19.4. The van der Waals surface area contributed by atoms with Gasteiger partial charge in [-0.1, -0.05) is 27.2 Å². The maximum atomic E-state index is 14.6. The van der Waals surface area contributed by atoms with Gasteiger partial charge in [0.15, 0.2) is 17.4 Å². The molecule has 4 rings (SSSR count). The molecule has 1 aliphatic rings. The van der Waals surface area contributed by atoms with Crippen molar-refractivity contribution in [1.82, 2.24) is 14.5 Å². The zero-order valence-electron chi connectivity index (χ0n) is 21.7. The van der Waals surface area contributed by atoms with E-state index in [9.17, 15) is 26.7 Å². The third-order valence-electron chi connectivity index (χ3n) is 6.48. The number of benzene rings is 1. The van der Waals surface area contributed by atoms with Crippen molar-refractivity contribution in [2.75, 3.05) is 5.32 Å². The Bertz CT molecular complexity index is 1370. The van der Waals surface area contributed by atoms with E-state index in [1.54, 1.807) is 10.6 Å². The largest absolute Gasteiger partial charge is 0.473 e. The number of aromatic nitrogens is 3. The van der Waals surface area contributed by atoms with Crippen LogP contribution in [0.2, 0.25) is 0 Å². The third-order valence-corrected chi connectivity index (χ3v) is 6.48. The van der Waals surface area contributed by atoms with Gasteiger partial charge in [0, 0.05) is 12.3 Å². The number of alkyl halides is 3. The van der Waals surface area contributed by atoms with E-state index >= 15 is 0 Å². The summed E-state index contributed by atoms with van der Waals surface area (Å²) in [6.07, 6.45) is 0.484. The quantitative estimate of drug-likeness (QED) is 0.282. The van der Waals surface area contributed by atoms with Gasteiger partial charge in [-0.25, -0.2) is 13.6 Å². The van der Waals surface area contributed by atoms with Crippen molar-refractivity contribution in [3.8, 4) is 17.4 Å². The molecule has 0 bridgehead atoms. The van der Waals surface area contributed by atoms with Crippen molar-refractivity contribution in [3.05, 3.63) is 69.9 Å². The molecule has 0 spiro atoms. The molecule has 1 aromatic carbocycles. The Balaban J connectivity index is 1.47. The number of nitrogens with zero attached hydrogens (tertiary/aromatic N) is 3. The zero-order chi connectivity index (χ0) is 28.4. The molecule has 12 heteroatoms. The van der Waals surface area contributed by atoms with Crippen LogP contribution in [-0.4, -0.2) is 20.1 Å². The molecule has 0 saturated heterocycles. The van der Waals surface area contributed by atoms with Crippen LogP contribution < -0.4 is 20.5 Å². The van der Waals surface area contributed by atoms with E-state index in [2.05, 4.69) is 36.1 Å². The van der Waals surface area contributed by atoms with E-state index < -0.39 is 40.6 Å². The fourth-order valence-corrected chi connectivity index (χ4v) is 4.58. The molecule has 1 N–H and O–H groups in total. The molecule has 3 heterocycles. The van der Waals surface area contributed by atoms with Crippen LogP contribution in [0.15, 0.2) is 41.5 Å². The highest BCUT2D eigenvalue weighted by molar-refractivity contribution is 5.46. The smallest absolute Gasteiger partial charge is 0.418 e. The number of hydrogen-bond donors (Lipinski definition) is 1. The number of nitrogens with one attached hydrogen (secondary N) is 1. The van der Waals surface area contributed by atoms with Crippen LogP contribution in [0, 0.1) is 17.6 Å². The number of pyridine rings is 1. The van der Waals surface area contributed by atoms with E-state index in [4.69, 9.17) is 9.47 Å². The first-order chi connectivity index (χ1) is 18.4. The lowest BCUT2D eigenvalue weighted by Crippen LogP contribution is -2.38. The summed E-state index contributed by atoms with van der Waals surface area (Å²) < 4.78 is 80.1. The first-order valence-corrected chi connectivity index (χ1v) is 12.6. The van der Waals surface area contributed by atoms with Crippen LogP contribution in [0.25, 0.3) is 0 Å². The van der Waals surface area contributed by atoms with Gasteiger partial charge in [0.25, 0.3) is 0 Å². The Morgan fingerprint density at radius 1 is 1.10 bits per heavy atom. The first kappa shape index (κ1) is 28.3. The van der Waals surface area contributed by atoms with Gasteiger partial charge in [-0.3, -0.25) is 9.55 Å². The summed E-state index contributed by atoms with van der Waals surface area (Å²) in [6.45, 7) is 6.56. The Morgan fingerprint density at radius 2 is 1.82 bits per heavy atom. The van der Waals surface area contributed by atoms with Gasteiger partial charge in [0.1, 0.15) is 18.2 Å². The highest BCUT2D eigenvalue weighted by Gasteiger charge is 2.37. The second kappa shape index (κ2) is 11.2. The van der Waals surface area contributed by atoms with Crippen LogP contribution in [0.3, 0.4) is 0 Å². The van der Waals surface area contributed by atoms with E-state index in [0.29, 0.717) is 30.5 Å². The second-order valence-corrected chi connectivity index (χ2v) is 10.1. The summed E-state index contributed by atoms with van der Waals surface area (Å²) in [5.41, 5.74) is -1.81. The molecule has 1 aliphatic heterocycles. The summed E-state index contributed by atoms with van der Waals surface area (Å²) in [6, 6.07) is 4.03. The van der Waals surface area contributed by atoms with Crippen LogP contribution in [0.1, 0.15) is 57.6 Å².